The van der Waals surface area contributed by atoms with E-state index in [9.17, 15) is 9.59 Å². The molecule has 4 fully saturated rings. The van der Waals surface area contributed by atoms with E-state index in [1.807, 2.05) is 6.07 Å². The van der Waals surface area contributed by atoms with Gasteiger partial charge in [-0.2, -0.15) is 0 Å². The number of ketones is 1. The van der Waals surface area contributed by atoms with Gasteiger partial charge in [-0.1, -0.05) is 6.07 Å². The van der Waals surface area contributed by atoms with E-state index in [1.54, 1.807) is 0 Å². The van der Waals surface area contributed by atoms with Crippen LogP contribution in [0.2, 0.25) is 0 Å². The van der Waals surface area contributed by atoms with Crippen molar-refractivity contribution in [3.63, 3.8) is 0 Å². The van der Waals surface area contributed by atoms with Gasteiger partial charge in [-0.25, -0.2) is 4.79 Å². The number of esters is 1. The molecule has 29 heavy (non-hydrogen) atoms. The number of ether oxygens (including phenoxy) is 3. The summed E-state index contributed by atoms with van der Waals surface area (Å²) >= 11 is 0. The Hall–Kier alpha value is -2.28. The molecule has 4 heterocycles. The number of methoxy groups -OCH3 is 1. The van der Waals surface area contributed by atoms with Crippen molar-refractivity contribution in [2.75, 3.05) is 32.3 Å². The maximum absolute atomic E-state index is 13.6. The van der Waals surface area contributed by atoms with Crippen LogP contribution in [0.4, 0.5) is 5.69 Å². The molecular weight excluding hydrogens is 372 g/mol. The summed E-state index contributed by atoms with van der Waals surface area (Å²) in [5, 5.41) is 3.60. The lowest BCUT2D eigenvalue weighted by molar-refractivity contribution is -0.163. The molecule has 1 aromatic carbocycles. The molecule has 1 spiro atoms. The standard InChI is InChI=1S/C22H24N2O5/c1-27-19(26)21-7-6-20-5-2-8-24-10-13(14(25)9-20)22(21,18(20)24)12-3-4-15-17(16(12)23-21)29-11-28-15/h3-4,13,18,23H,2,5-11H2,1H3/t13?,18-,20+,21+,22+/m0/s1. The molecule has 2 aliphatic carbocycles. The van der Waals surface area contributed by atoms with Crippen molar-refractivity contribution in [3.8, 4) is 11.5 Å². The molecule has 7 heteroatoms. The minimum atomic E-state index is -0.938. The number of hydrogen-bond donors (Lipinski definition) is 1. The average molecular weight is 396 g/mol. The zero-order valence-corrected chi connectivity index (χ0v) is 16.5. The molecule has 0 amide bonds. The molecule has 1 N–H and O–H groups in total. The van der Waals surface area contributed by atoms with Gasteiger partial charge in [-0.3, -0.25) is 9.69 Å². The number of rotatable bonds is 1. The van der Waals surface area contributed by atoms with Crippen molar-refractivity contribution in [2.45, 2.75) is 49.1 Å². The number of piperidine rings is 1. The zero-order valence-electron chi connectivity index (χ0n) is 16.5. The number of Topliss-reactive ketones (excluding diaryl/α,β-unsaturated/α-hetero) is 1. The number of benzene rings is 1. The minimum absolute atomic E-state index is 0.0421. The van der Waals surface area contributed by atoms with Crippen LogP contribution >= 0.6 is 0 Å². The summed E-state index contributed by atoms with van der Waals surface area (Å²) in [7, 11) is 1.46. The number of hydrogen-bond acceptors (Lipinski definition) is 7. The second kappa shape index (κ2) is 4.89. The van der Waals surface area contributed by atoms with Gasteiger partial charge < -0.3 is 19.5 Å². The average Bonchev–Trinajstić information content (AvgIpc) is 3.40. The molecule has 1 aromatic rings. The highest BCUT2D eigenvalue weighted by Crippen LogP contribution is 2.73. The molecular formula is C22H24N2O5. The molecule has 0 aromatic heterocycles. The van der Waals surface area contributed by atoms with E-state index in [0.29, 0.717) is 30.1 Å². The van der Waals surface area contributed by atoms with Gasteiger partial charge in [0.25, 0.3) is 0 Å². The molecule has 5 atom stereocenters. The van der Waals surface area contributed by atoms with E-state index in [4.69, 9.17) is 14.2 Å². The number of nitrogens with zero attached hydrogens (tertiary/aromatic N) is 1. The summed E-state index contributed by atoms with van der Waals surface area (Å²) < 4.78 is 16.8. The van der Waals surface area contributed by atoms with Crippen molar-refractivity contribution in [1.29, 1.82) is 0 Å². The number of fused-ring (bicyclic) bond motifs is 3. The van der Waals surface area contributed by atoms with Gasteiger partial charge in [-0.05, 0) is 49.3 Å². The Kier molecular flexibility index (Phi) is 2.78. The number of carbonyl (C=O) groups is 2. The lowest BCUT2D eigenvalue weighted by Crippen LogP contribution is -2.75. The van der Waals surface area contributed by atoms with Crippen molar-refractivity contribution in [1.82, 2.24) is 4.90 Å². The first-order valence-electron chi connectivity index (χ1n) is 10.6. The normalized spacial score (nSPS) is 42.9. The first kappa shape index (κ1) is 16.5. The predicted octanol–water partition coefficient (Wildman–Crippen LogP) is 1.84. The van der Waals surface area contributed by atoms with Crippen LogP contribution in [0.1, 0.15) is 37.7 Å². The fourth-order valence-electron chi connectivity index (χ4n) is 8.24. The summed E-state index contributed by atoms with van der Waals surface area (Å²) in [6.07, 6.45) is 4.38. The molecule has 6 aliphatic rings. The zero-order chi connectivity index (χ0) is 19.6. The van der Waals surface area contributed by atoms with Gasteiger partial charge in [0.15, 0.2) is 11.5 Å². The molecule has 2 saturated carbocycles. The quantitative estimate of drug-likeness (QED) is 0.726. The monoisotopic (exact) mass is 396 g/mol. The summed E-state index contributed by atoms with van der Waals surface area (Å²) in [6.45, 7) is 1.90. The van der Waals surface area contributed by atoms with Gasteiger partial charge in [-0.15, -0.1) is 0 Å². The summed E-state index contributed by atoms with van der Waals surface area (Å²) in [5.74, 6) is 1.21. The fourth-order valence-corrected chi connectivity index (χ4v) is 8.24. The van der Waals surface area contributed by atoms with Crippen molar-refractivity contribution < 1.29 is 23.8 Å². The van der Waals surface area contributed by atoms with Gasteiger partial charge in [0.1, 0.15) is 11.3 Å². The second-order valence-corrected chi connectivity index (χ2v) is 9.67. The molecule has 2 saturated heterocycles. The Labute approximate surface area is 168 Å². The van der Waals surface area contributed by atoms with Crippen LogP contribution in [0, 0.1) is 11.3 Å². The molecule has 0 radical (unpaired) electrons. The van der Waals surface area contributed by atoms with Gasteiger partial charge >= 0.3 is 5.97 Å². The van der Waals surface area contributed by atoms with Crippen LogP contribution in [0.5, 0.6) is 11.5 Å². The van der Waals surface area contributed by atoms with Crippen LogP contribution in [-0.2, 0) is 19.7 Å². The lowest BCUT2D eigenvalue weighted by atomic mass is 9.41. The van der Waals surface area contributed by atoms with Crippen molar-refractivity contribution >= 4 is 17.4 Å². The third kappa shape index (κ3) is 1.52. The summed E-state index contributed by atoms with van der Waals surface area (Å²) in [4.78, 5) is 29.6. The Morgan fingerprint density at radius 2 is 2.17 bits per heavy atom. The molecule has 4 bridgehead atoms. The maximum atomic E-state index is 13.6. The van der Waals surface area contributed by atoms with E-state index >= 15 is 0 Å². The lowest BCUT2D eigenvalue weighted by Gasteiger charge is -2.63. The first-order valence-corrected chi connectivity index (χ1v) is 10.6. The summed E-state index contributed by atoms with van der Waals surface area (Å²) in [6, 6.07) is 4.18. The van der Waals surface area contributed by atoms with Gasteiger partial charge in [0.2, 0.25) is 6.79 Å². The highest BCUT2D eigenvalue weighted by molar-refractivity contribution is 5.99. The van der Waals surface area contributed by atoms with Crippen LogP contribution < -0.4 is 14.8 Å². The highest BCUT2D eigenvalue weighted by atomic mass is 16.7. The highest BCUT2D eigenvalue weighted by Gasteiger charge is 2.82. The number of carbonyl (C=O) groups excluding carboxylic acids is 2. The van der Waals surface area contributed by atoms with Crippen LogP contribution in [0.25, 0.3) is 0 Å². The Morgan fingerprint density at radius 3 is 3.03 bits per heavy atom. The molecule has 1 unspecified atom stereocenters. The van der Waals surface area contributed by atoms with Crippen LogP contribution in [-0.4, -0.2) is 55.2 Å². The maximum Gasteiger partial charge on any atom is 0.332 e. The van der Waals surface area contributed by atoms with E-state index in [0.717, 1.165) is 43.6 Å². The predicted molar refractivity (Wildman–Crippen MR) is 102 cm³/mol. The first-order chi connectivity index (χ1) is 14.1. The topological polar surface area (TPSA) is 77.1 Å². The number of nitrogens with one attached hydrogen (secondary N) is 1. The van der Waals surface area contributed by atoms with Crippen LogP contribution in [0.3, 0.4) is 0 Å². The Balaban J connectivity index is 1.58. The fraction of sp³-hybridized carbons (Fsp3) is 0.636. The van der Waals surface area contributed by atoms with E-state index in [-0.39, 0.29) is 30.1 Å². The largest absolute Gasteiger partial charge is 0.467 e. The third-order valence-electron chi connectivity index (χ3n) is 8.94. The Bertz CT molecular complexity index is 994. The van der Waals surface area contributed by atoms with Crippen molar-refractivity contribution in [3.05, 3.63) is 17.7 Å². The molecule has 152 valence electrons. The summed E-state index contributed by atoms with van der Waals surface area (Å²) in [5.41, 5.74) is 0.285. The molecule has 7 nitrogen and oxygen atoms in total. The minimum Gasteiger partial charge on any atom is -0.467 e. The smallest absolute Gasteiger partial charge is 0.332 e. The van der Waals surface area contributed by atoms with E-state index in [1.165, 1.54) is 7.11 Å². The molecule has 4 aliphatic heterocycles. The van der Waals surface area contributed by atoms with E-state index < -0.39 is 11.0 Å². The SMILES string of the molecule is COC(=O)[C@]12CC[C@]34CCCN5CC(C(=O)C3)[C@]1(c1ccc3c(c1N2)OCO3)[C@@H]54. The third-order valence-corrected chi connectivity index (χ3v) is 8.94. The van der Waals surface area contributed by atoms with Crippen molar-refractivity contribution in [2.24, 2.45) is 11.3 Å². The molecule has 7 rings (SSSR count). The number of anilines is 1. The second-order valence-electron chi connectivity index (χ2n) is 9.67. The van der Waals surface area contributed by atoms with Gasteiger partial charge in [0, 0.05) is 24.9 Å². The Morgan fingerprint density at radius 1 is 1.28 bits per heavy atom. The van der Waals surface area contributed by atoms with E-state index in [2.05, 4.69) is 16.3 Å². The van der Waals surface area contributed by atoms with Crippen LogP contribution in [0.15, 0.2) is 12.1 Å². The van der Waals surface area contributed by atoms with Gasteiger partial charge in [0.05, 0.1) is 18.2 Å².